The second-order valence-electron chi connectivity index (χ2n) is 4.78. The zero-order valence-corrected chi connectivity index (χ0v) is 15.8. The molecule has 0 aliphatic heterocycles. The van der Waals surface area contributed by atoms with E-state index < -0.39 is 0 Å². The molecule has 0 spiro atoms. The minimum absolute atomic E-state index is 0. The van der Waals surface area contributed by atoms with Gasteiger partial charge in [0.05, 0.1) is 6.54 Å². The van der Waals surface area contributed by atoms with Crippen LogP contribution in [0.5, 0.6) is 0 Å². The number of halogens is 1. The molecule has 0 saturated carbocycles. The van der Waals surface area contributed by atoms with Gasteiger partial charge in [-0.2, -0.15) is 0 Å². The average Bonchev–Trinajstić information content (AvgIpc) is 2.52. The third-order valence-corrected chi connectivity index (χ3v) is 3.07. The van der Waals surface area contributed by atoms with Gasteiger partial charge in [-0.15, -0.1) is 30.4 Å². The van der Waals surface area contributed by atoms with Crippen molar-refractivity contribution in [2.45, 2.75) is 19.8 Å². The summed E-state index contributed by atoms with van der Waals surface area (Å²) in [7, 11) is 2.12. The Labute approximate surface area is 151 Å². The first-order valence-electron chi connectivity index (χ1n) is 7.49. The molecule has 0 amide bonds. The maximum absolute atomic E-state index is 5.24. The fourth-order valence-corrected chi connectivity index (χ4v) is 1.94. The summed E-state index contributed by atoms with van der Waals surface area (Å²) in [4.78, 5) is 6.77. The fourth-order valence-electron chi connectivity index (χ4n) is 1.94. The predicted molar refractivity (Wildman–Crippen MR) is 107 cm³/mol. The van der Waals surface area contributed by atoms with E-state index in [-0.39, 0.29) is 24.0 Å². The normalized spacial score (nSPS) is 10.3. The number of rotatable bonds is 8. The molecular weight excluding hydrogens is 387 g/mol. The van der Waals surface area contributed by atoms with Crippen molar-refractivity contribution in [3.05, 3.63) is 30.3 Å². The minimum atomic E-state index is 0. The van der Waals surface area contributed by atoms with Crippen LogP contribution in [0.4, 0.5) is 5.69 Å². The Morgan fingerprint density at radius 2 is 1.95 bits per heavy atom. The number of nitrogens with zero attached hydrogens (tertiary/aromatic N) is 2. The van der Waals surface area contributed by atoms with Gasteiger partial charge in [-0.05, 0) is 31.9 Å². The van der Waals surface area contributed by atoms with Gasteiger partial charge in [0, 0.05) is 32.4 Å². The molecule has 0 aliphatic rings. The SMILES string of the molecule is C#CCNC(=NCCCCN(C)c1ccccc1)NCC.I. The molecule has 0 bridgehead atoms. The van der Waals surface area contributed by atoms with E-state index in [1.54, 1.807) is 0 Å². The summed E-state index contributed by atoms with van der Waals surface area (Å²) in [5.41, 5.74) is 1.25. The van der Waals surface area contributed by atoms with Crippen LogP contribution in [0, 0.1) is 12.3 Å². The number of anilines is 1. The fraction of sp³-hybridized carbons (Fsp3) is 0.471. The van der Waals surface area contributed by atoms with E-state index in [1.165, 1.54) is 5.69 Å². The molecule has 0 saturated heterocycles. The molecule has 0 aliphatic carbocycles. The number of hydrogen-bond acceptors (Lipinski definition) is 2. The van der Waals surface area contributed by atoms with Gasteiger partial charge in [-0.3, -0.25) is 4.99 Å². The molecule has 0 heterocycles. The van der Waals surface area contributed by atoms with E-state index in [2.05, 4.69) is 57.8 Å². The van der Waals surface area contributed by atoms with Crippen molar-refractivity contribution in [1.29, 1.82) is 0 Å². The number of nitrogens with one attached hydrogen (secondary N) is 2. The minimum Gasteiger partial charge on any atom is -0.375 e. The third kappa shape index (κ3) is 8.78. The second kappa shape index (κ2) is 13.3. The molecule has 0 unspecified atom stereocenters. The Morgan fingerprint density at radius 1 is 1.23 bits per heavy atom. The quantitative estimate of drug-likeness (QED) is 0.226. The highest BCUT2D eigenvalue weighted by Crippen LogP contribution is 2.11. The largest absolute Gasteiger partial charge is 0.375 e. The Morgan fingerprint density at radius 3 is 2.59 bits per heavy atom. The van der Waals surface area contributed by atoms with E-state index in [0.29, 0.717) is 6.54 Å². The summed E-state index contributed by atoms with van der Waals surface area (Å²) in [5.74, 6) is 3.35. The molecule has 1 aromatic carbocycles. The van der Waals surface area contributed by atoms with Crippen LogP contribution in [0.15, 0.2) is 35.3 Å². The molecule has 1 rings (SSSR count). The van der Waals surface area contributed by atoms with Crippen LogP contribution in [0.25, 0.3) is 0 Å². The molecule has 0 radical (unpaired) electrons. The Bertz CT molecular complexity index is 453. The van der Waals surface area contributed by atoms with Gasteiger partial charge in [0.1, 0.15) is 0 Å². The Hall–Kier alpha value is -1.42. The molecule has 5 heteroatoms. The number of aliphatic imine (C=N–C) groups is 1. The lowest BCUT2D eigenvalue weighted by molar-refractivity contribution is 0.722. The molecule has 2 N–H and O–H groups in total. The smallest absolute Gasteiger partial charge is 0.192 e. The van der Waals surface area contributed by atoms with Crippen LogP contribution in [0.2, 0.25) is 0 Å². The number of para-hydroxylation sites is 1. The van der Waals surface area contributed by atoms with E-state index in [4.69, 9.17) is 6.42 Å². The molecule has 0 fully saturated rings. The predicted octanol–water partition coefficient (Wildman–Crippen LogP) is 2.71. The number of unbranched alkanes of at least 4 members (excludes halogenated alkanes) is 1. The van der Waals surface area contributed by atoms with Crippen molar-refractivity contribution in [2.75, 3.05) is 38.1 Å². The highest BCUT2D eigenvalue weighted by atomic mass is 127. The number of hydrogen-bond donors (Lipinski definition) is 2. The standard InChI is InChI=1S/C17H26N4.HI/c1-4-13-19-17(18-5-2)20-14-9-10-15-21(3)16-11-7-6-8-12-16;/h1,6-8,11-12H,5,9-10,13-15H2,2-3H3,(H2,18,19,20);1H. The second-order valence-corrected chi connectivity index (χ2v) is 4.78. The van der Waals surface area contributed by atoms with Gasteiger partial charge in [-0.1, -0.05) is 24.1 Å². The molecule has 22 heavy (non-hydrogen) atoms. The van der Waals surface area contributed by atoms with Crippen molar-refractivity contribution in [1.82, 2.24) is 10.6 Å². The van der Waals surface area contributed by atoms with Gasteiger partial charge in [-0.25, -0.2) is 0 Å². The van der Waals surface area contributed by atoms with Crippen LogP contribution in [-0.2, 0) is 0 Å². The number of guanidine groups is 1. The van der Waals surface area contributed by atoms with Crippen molar-refractivity contribution in [2.24, 2.45) is 4.99 Å². The third-order valence-electron chi connectivity index (χ3n) is 3.07. The molecule has 1 aromatic rings. The summed E-state index contributed by atoms with van der Waals surface area (Å²) >= 11 is 0. The first-order chi connectivity index (χ1) is 10.3. The summed E-state index contributed by atoms with van der Waals surface area (Å²) in [5, 5.41) is 6.26. The van der Waals surface area contributed by atoms with Gasteiger partial charge in [0.25, 0.3) is 0 Å². The Kier molecular flexibility index (Phi) is 12.4. The molecule has 122 valence electrons. The van der Waals surface area contributed by atoms with Gasteiger partial charge >= 0.3 is 0 Å². The van der Waals surface area contributed by atoms with Gasteiger partial charge in [0.15, 0.2) is 5.96 Å². The summed E-state index contributed by atoms with van der Waals surface area (Å²) in [6.07, 6.45) is 7.41. The molecule has 4 nitrogen and oxygen atoms in total. The lowest BCUT2D eigenvalue weighted by atomic mass is 10.2. The van der Waals surface area contributed by atoms with Gasteiger partial charge in [0.2, 0.25) is 0 Å². The molecular formula is C17H27IN4. The van der Waals surface area contributed by atoms with E-state index in [9.17, 15) is 0 Å². The van der Waals surface area contributed by atoms with E-state index in [0.717, 1.165) is 38.4 Å². The molecule has 0 atom stereocenters. The van der Waals surface area contributed by atoms with Crippen LogP contribution in [0.3, 0.4) is 0 Å². The highest BCUT2D eigenvalue weighted by molar-refractivity contribution is 14.0. The average molecular weight is 414 g/mol. The highest BCUT2D eigenvalue weighted by Gasteiger charge is 1.99. The monoisotopic (exact) mass is 414 g/mol. The summed E-state index contributed by atoms with van der Waals surface area (Å²) in [6, 6.07) is 10.4. The van der Waals surface area contributed by atoms with E-state index >= 15 is 0 Å². The van der Waals surface area contributed by atoms with Crippen molar-refractivity contribution in [3.8, 4) is 12.3 Å². The van der Waals surface area contributed by atoms with Crippen molar-refractivity contribution < 1.29 is 0 Å². The van der Waals surface area contributed by atoms with E-state index in [1.807, 2.05) is 13.0 Å². The molecule has 0 aromatic heterocycles. The number of benzene rings is 1. The Balaban J connectivity index is 0.00000441. The lowest BCUT2D eigenvalue weighted by Gasteiger charge is -2.18. The van der Waals surface area contributed by atoms with Crippen LogP contribution in [0.1, 0.15) is 19.8 Å². The zero-order chi connectivity index (χ0) is 15.3. The van der Waals surface area contributed by atoms with Crippen molar-refractivity contribution >= 4 is 35.6 Å². The number of terminal acetylenes is 1. The van der Waals surface area contributed by atoms with Crippen LogP contribution >= 0.6 is 24.0 Å². The first kappa shape index (κ1) is 20.6. The zero-order valence-electron chi connectivity index (χ0n) is 13.5. The summed E-state index contributed by atoms with van der Waals surface area (Å²) in [6.45, 7) is 5.23. The lowest BCUT2D eigenvalue weighted by Crippen LogP contribution is -2.37. The maximum atomic E-state index is 5.24. The topological polar surface area (TPSA) is 39.7 Å². The van der Waals surface area contributed by atoms with Crippen LogP contribution in [-0.4, -0.2) is 39.2 Å². The van der Waals surface area contributed by atoms with Gasteiger partial charge < -0.3 is 15.5 Å². The maximum Gasteiger partial charge on any atom is 0.192 e. The first-order valence-corrected chi connectivity index (χ1v) is 7.49. The summed E-state index contributed by atoms with van der Waals surface area (Å²) < 4.78 is 0. The van der Waals surface area contributed by atoms with Crippen LogP contribution < -0.4 is 15.5 Å². The van der Waals surface area contributed by atoms with Crippen molar-refractivity contribution in [3.63, 3.8) is 0 Å².